The Kier molecular flexibility index (Phi) is 25.1. The molecule has 8 heteroatoms. The first-order chi connectivity index (χ1) is 20.9. The topological polar surface area (TPSA) is 112 Å². The number of aliphatic hydroxyl groups is 2. The Morgan fingerprint density at radius 2 is 0.977 bits per heavy atom. The summed E-state index contributed by atoms with van der Waals surface area (Å²) >= 11 is 0. The van der Waals surface area contributed by atoms with Gasteiger partial charge in [-0.05, 0) is 12.8 Å². The summed E-state index contributed by atoms with van der Waals surface area (Å²) in [6.07, 6.45) is 20.8. The van der Waals surface area contributed by atoms with E-state index in [4.69, 9.17) is 18.9 Å². The van der Waals surface area contributed by atoms with Crippen molar-refractivity contribution in [2.45, 2.75) is 199 Å². The van der Waals surface area contributed by atoms with Crippen molar-refractivity contribution in [1.29, 1.82) is 0 Å². The van der Waals surface area contributed by atoms with E-state index in [-0.39, 0.29) is 19.0 Å². The van der Waals surface area contributed by atoms with Gasteiger partial charge in [0.1, 0.15) is 24.9 Å². The summed E-state index contributed by atoms with van der Waals surface area (Å²) in [6, 6.07) is 0. The van der Waals surface area contributed by atoms with Crippen molar-refractivity contribution >= 4 is 11.9 Å². The zero-order chi connectivity index (χ0) is 31.5. The highest BCUT2D eigenvalue weighted by Gasteiger charge is 2.47. The Labute approximate surface area is 263 Å². The maximum absolute atomic E-state index is 12.6. The van der Waals surface area contributed by atoms with E-state index in [0.717, 1.165) is 32.1 Å². The van der Waals surface area contributed by atoms with Crippen LogP contribution in [0.25, 0.3) is 0 Å². The molecule has 0 aromatic carbocycles. The van der Waals surface area contributed by atoms with Crippen LogP contribution < -0.4 is 0 Å². The van der Waals surface area contributed by atoms with E-state index in [1.54, 1.807) is 0 Å². The number of unbranched alkanes of at least 4 members (excludes halogenated alkanes) is 20. The number of hydrogen-bond acceptors (Lipinski definition) is 8. The lowest BCUT2D eigenvalue weighted by atomic mass is 9.99. The number of rotatable bonds is 28. The highest BCUT2D eigenvalue weighted by atomic mass is 16.7. The van der Waals surface area contributed by atoms with Crippen molar-refractivity contribution in [2.75, 3.05) is 13.7 Å². The summed E-state index contributed by atoms with van der Waals surface area (Å²) in [4.78, 5) is 24.9. The SMILES string of the molecule is CCCCCCCCCCCCCC(=O)OC[C@H]1O[C@H](OC)[C@H](O)[C@@H](O)[C@@H]1OC(=O)CCCCCCCCCCCCC. The van der Waals surface area contributed by atoms with Crippen LogP contribution in [0.3, 0.4) is 0 Å². The molecule has 0 spiro atoms. The molecule has 0 saturated carbocycles. The van der Waals surface area contributed by atoms with Crippen LogP contribution in [0.5, 0.6) is 0 Å². The zero-order valence-electron chi connectivity index (χ0n) is 27.9. The van der Waals surface area contributed by atoms with Gasteiger partial charge >= 0.3 is 11.9 Å². The van der Waals surface area contributed by atoms with Gasteiger partial charge in [0.05, 0.1) is 0 Å². The van der Waals surface area contributed by atoms with Gasteiger partial charge < -0.3 is 29.2 Å². The van der Waals surface area contributed by atoms with E-state index in [9.17, 15) is 19.8 Å². The minimum Gasteiger partial charge on any atom is -0.463 e. The molecule has 2 N–H and O–H groups in total. The molecule has 1 fully saturated rings. The summed E-state index contributed by atoms with van der Waals surface area (Å²) in [7, 11) is 1.36. The minimum atomic E-state index is -1.41. The average molecular weight is 615 g/mol. The summed E-state index contributed by atoms with van der Waals surface area (Å²) in [5.74, 6) is -0.802. The summed E-state index contributed by atoms with van der Waals surface area (Å²) < 4.78 is 21.8. The lowest BCUT2D eigenvalue weighted by Crippen LogP contribution is -2.60. The number of aliphatic hydroxyl groups excluding tert-OH is 2. The molecule has 1 aliphatic heterocycles. The maximum Gasteiger partial charge on any atom is 0.306 e. The van der Waals surface area contributed by atoms with Gasteiger partial charge in [0.2, 0.25) is 0 Å². The van der Waals surface area contributed by atoms with Gasteiger partial charge in [0.15, 0.2) is 12.4 Å². The number of ether oxygens (including phenoxy) is 4. The van der Waals surface area contributed by atoms with Crippen molar-refractivity contribution in [3.63, 3.8) is 0 Å². The average Bonchev–Trinajstić information content (AvgIpc) is 3.00. The normalized spacial score (nSPS) is 22.0. The third-order valence-corrected chi connectivity index (χ3v) is 8.52. The molecular formula is C35H66O8. The third kappa shape index (κ3) is 19.7. The molecule has 43 heavy (non-hydrogen) atoms. The number of methoxy groups -OCH3 is 1. The van der Waals surface area contributed by atoms with Gasteiger partial charge in [-0.1, -0.05) is 142 Å². The standard InChI is InChI=1S/C35H66O8/c1-4-6-8-10-12-14-16-18-20-22-24-26-30(36)41-28-29-34(32(38)33(39)35(40-3)42-29)43-31(37)27-25-23-21-19-17-15-13-11-9-7-5-2/h29,32-35,38-39H,4-28H2,1-3H3/t29-,32-,33-,34-,35+/m1/s1. The van der Waals surface area contributed by atoms with E-state index in [1.807, 2.05) is 0 Å². The second-order valence-corrected chi connectivity index (χ2v) is 12.5. The first-order valence-corrected chi connectivity index (χ1v) is 17.8. The Morgan fingerprint density at radius 1 is 0.581 bits per heavy atom. The molecule has 5 atom stereocenters. The van der Waals surface area contributed by atoms with E-state index in [0.29, 0.717) is 12.8 Å². The molecule has 0 radical (unpaired) electrons. The Bertz CT molecular complexity index is 672. The molecule has 1 saturated heterocycles. The summed E-state index contributed by atoms with van der Waals surface area (Å²) in [5, 5.41) is 21.0. The molecule has 8 nitrogen and oxygen atoms in total. The van der Waals surface area contributed by atoms with Crippen molar-refractivity contribution in [3.05, 3.63) is 0 Å². The van der Waals surface area contributed by atoms with E-state index in [1.165, 1.54) is 110 Å². The van der Waals surface area contributed by atoms with E-state index >= 15 is 0 Å². The summed E-state index contributed by atoms with van der Waals surface area (Å²) in [6.45, 7) is 4.29. The van der Waals surface area contributed by atoms with Crippen LogP contribution in [0.4, 0.5) is 0 Å². The molecule has 0 unspecified atom stereocenters. The van der Waals surface area contributed by atoms with Crippen LogP contribution in [0.1, 0.15) is 168 Å². The highest BCUT2D eigenvalue weighted by Crippen LogP contribution is 2.25. The highest BCUT2D eigenvalue weighted by molar-refractivity contribution is 5.70. The molecule has 0 amide bonds. The second kappa shape index (κ2) is 27.1. The Hall–Kier alpha value is -1.22. The fraction of sp³-hybridized carbons (Fsp3) is 0.943. The minimum absolute atomic E-state index is 0.184. The molecule has 1 rings (SSSR count). The van der Waals surface area contributed by atoms with Crippen molar-refractivity contribution in [1.82, 2.24) is 0 Å². The lowest BCUT2D eigenvalue weighted by Gasteiger charge is -2.41. The number of carbonyl (C=O) groups is 2. The third-order valence-electron chi connectivity index (χ3n) is 8.52. The molecule has 254 valence electrons. The maximum atomic E-state index is 12.6. The van der Waals surface area contributed by atoms with Crippen molar-refractivity contribution in [3.8, 4) is 0 Å². The predicted octanol–water partition coefficient (Wildman–Crippen LogP) is 7.94. The fourth-order valence-corrected chi connectivity index (χ4v) is 5.71. The van der Waals surface area contributed by atoms with Crippen LogP contribution in [0.15, 0.2) is 0 Å². The smallest absolute Gasteiger partial charge is 0.306 e. The van der Waals surface area contributed by atoms with Gasteiger partial charge in [0.25, 0.3) is 0 Å². The first kappa shape index (κ1) is 39.8. The molecular weight excluding hydrogens is 548 g/mol. The molecule has 1 aliphatic rings. The monoisotopic (exact) mass is 614 g/mol. The fourth-order valence-electron chi connectivity index (χ4n) is 5.71. The van der Waals surface area contributed by atoms with Crippen LogP contribution in [0.2, 0.25) is 0 Å². The van der Waals surface area contributed by atoms with Crippen molar-refractivity contribution < 1.29 is 38.7 Å². The van der Waals surface area contributed by atoms with Crippen molar-refractivity contribution in [2.24, 2.45) is 0 Å². The first-order valence-electron chi connectivity index (χ1n) is 17.8. The van der Waals surface area contributed by atoms with Gasteiger partial charge in [-0.25, -0.2) is 0 Å². The predicted molar refractivity (Wildman–Crippen MR) is 171 cm³/mol. The molecule has 1 heterocycles. The molecule has 0 bridgehead atoms. The van der Waals surface area contributed by atoms with Gasteiger partial charge in [0, 0.05) is 20.0 Å². The van der Waals surface area contributed by atoms with Gasteiger partial charge in [-0.15, -0.1) is 0 Å². The quantitative estimate of drug-likeness (QED) is 0.0675. The van der Waals surface area contributed by atoms with Gasteiger partial charge in [-0.3, -0.25) is 9.59 Å². The van der Waals surface area contributed by atoms with Crippen LogP contribution in [-0.2, 0) is 28.5 Å². The second-order valence-electron chi connectivity index (χ2n) is 12.5. The van der Waals surface area contributed by atoms with Crippen LogP contribution >= 0.6 is 0 Å². The summed E-state index contributed by atoms with van der Waals surface area (Å²) in [5.41, 5.74) is 0. The van der Waals surface area contributed by atoms with Crippen LogP contribution in [0, 0.1) is 0 Å². The van der Waals surface area contributed by atoms with E-state index < -0.39 is 36.7 Å². The molecule has 0 aromatic rings. The number of hydrogen-bond donors (Lipinski definition) is 2. The Morgan fingerprint density at radius 3 is 1.40 bits per heavy atom. The largest absolute Gasteiger partial charge is 0.463 e. The number of carbonyl (C=O) groups excluding carboxylic acids is 2. The zero-order valence-corrected chi connectivity index (χ0v) is 27.9. The Balaban J connectivity index is 2.28. The van der Waals surface area contributed by atoms with E-state index in [2.05, 4.69) is 13.8 Å². The van der Waals surface area contributed by atoms with Gasteiger partial charge in [-0.2, -0.15) is 0 Å². The molecule has 0 aromatic heterocycles. The molecule has 0 aliphatic carbocycles. The number of esters is 2. The lowest BCUT2D eigenvalue weighted by molar-refractivity contribution is -0.297. The van der Waals surface area contributed by atoms with Crippen LogP contribution in [-0.4, -0.2) is 66.6 Å².